The van der Waals surface area contributed by atoms with Crippen molar-refractivity contribution in [2.24, 2.45) is 5.92 Å². The Morgan fingerprint density at radius 3 is 2.45 bits per heavy atom. The maximum absolute atomic E-state index is 13.8. The van der Waals surface area contributed by atoms with Crippen molar-refractivity contribution >= 4 is 29.5 Å². The van der Waals surface area contributed by atoms with E-state index in [1.807, 2.05) is 49.1 Å². The Hall–Kier alpha value is -4.29. The number of carbonyl (C=O) groups is 5. The topological polar surface area (TPSA) is 159 Å². The van der Waals surface area contributed by atoms with Crippen LogP contribution in [0, 0.1) is 12.8 Å². The van der Waals surface area contributed by atoms with Crippen molar-refractivity contribution in [2.75, 3.05) is 32.7 Å². The van der Waals surface area contributed by atoms with Crippen molar-refractivity contribution < 1.29 is 24.0 Å². The van der Waals surface area contributed by atoms with Gasteiger partial charge in [0, 0.05) is 58.4 Å². The third-order valence-corrected chi connectivity index (χ3v) is 8.63. The summed E-state index contributed by atoms with van der Waals surface area (Å²) in [7, 11) is 0. The molecule has 13 nitrogen and oxygen atoms in total. The van der Waals surface area contributed by atoms with E-state index in [2.05, 4.69) is 26.0 Å². The molecule has 1 saturated heterocycles. The minimum atomic E-state index is -0.846. The number of nitrogens with zero attached hydrogens (tertiary/aromatic N) is 5. The van der Waals surface area contributed by atoms with Crippen LogP contribution in [-0.4, -0.2) is 92.9 Å². The molecule has 5 amide bonds. The predicted molar refractivity (Wildman–Crippen MR) is 176 cm³/mol. The van der Waals surface area contributed by atoms with Gasteiger partial charge in [-0.2, -0.15) is 5.10 Å². The molecule has 0 radical (unpaired) electrons. The van der Waals surface area contributed by atoms with Gasteiger partial charge in [0.2, 0.25) is 29.5 Å². The average molecular weight is 651 g/mol. The summed E-state index contributed by atoms with van der Waals surface area (Å²) in [4.78, 5) is 73.6. The maximum Gasteiger partial charge on any atom is 0.243 e. The third kappa shape index (κ3) is 10.9. The van der Waals surface area contributed by atoms with Crippen LogP contribution in [0.25, 0.3) is 0 Å². The molecule has 47 heavy (non-hydrogen) atoms. The monoisotopic (exact) mass is 650 g/mol. The molecular weight excluding hydrogens is 600 g/mol. The molecule has 3 N–H and O–H groups in total. The fourth-order valence-electron chi connectivity index (χ4n) is 6.09. The Morgan fingerprint density at radius 2 is 1.70 bits per heavy atom. The van der Waals surface area contributed by atoms with E-state index in [4.69, 9.17) is 0 Å². The molecule has 256 valence electrons. The normalized spacial score (nSPS) is 20.9. The molecule has 2 aliphatic heterocycles. The Balaban J connectivity index is 1.49. The van der Waals surface area contributed by atoms with Crippen molar-refractivity contribution in [2.45, 2.75) is 97.2 Å². The molecule has 0 bridgehead atoms. The Labute approximate surface area is 277 Å². The third-order valence-electron chi connectivity index (χ3n) is 8.63. The number of nitrogens with one attached hydrogen (secondary N) is 3. The summed E-state index contributed by atoms with van der Waals surface area (Å²) in [5.41, 5.74) is 0.898. The lowest BCUT2D eigenvalue weighted by Crippen LogP contribution is -2.50. The number of aromatic nitrogens is 3. The average Bonchev–Trinajstić information content (AvgIpc) is 3.40. The fourth-order valence-corrected chi connectivity index (χ4v) is 6.09. The van der Waals surface area contributed by atoms with Crippen molar-refractivity contribution in [3.8, 4) is 0 Å². The van der Waals surface area contributed by atoms with E-state index in [1.54, 1.807) is 11.8 Å². The number of benzene rings is 1. The summed E-state index contributed by atoms with van der Waals surface area (Å²) < 4.78 is 1.52. The van der Waals surface area contributed by atoms with Gasteiger partial charge < -0.3 is 25.8 Å². The molecule has 1 fully saturated rings. The lowest BCUT2D eigenvalue weighted by Gasteiger charge is -2.28. The van der Waals surface area contributed by atoms with Gasteiger partial charge in [0.1, 0.15) is 18.4 Å². The molecule has 13 heteroatoms. The fraction of sp³-hybridized carbons (Fsp3) is 0.618. The number of fused-ring (bicyclic) bond motifs is 1. The van der Waals surface area contributed by atoms with Crippen molar-refractivity contribution in [1.29, 1.82) is 0 Å². The number of amides is 5. The molecule has 3 heterocycles. The highest BCUT2D eigenvalue weighted by Gasteiger charge is 2.30. The van der Waals surface area contributed by atoms with E-state index >= 15 is 0 Å². The minimum Gasteiger partial charge on any atom is -0.354 e. The summed E-state index contributed by atoms with van der Waals surface area (Å²) in [5.74, 6) is 0.0968. The zero-order chi connectivity index (χ0) is 33.8. The summed E-state index contributed by atoms with van der Waals surface area (Å²) in [6.07, 6.45) is 4.75. The summed E-state index contributed by atoms with van der Waals surface area (Å²) >= 11 is 0. The zero-order valence-corrected chi connectivity index (χ0v) is 28.0. The largest absolute Gasteiger partial charge is 0.354 e. The smallest absolute Gasteiger partial charge is 0.243 e. The van der Waals surface area contributed by atoms with Crippen LogP contribution in [0.3, 0.4) is 0 Å². The second-order valence-corrected chi connectivity index (χ2v) is 12.8. The standard InChI is InChI=1S/C34H50N8O5/c1-24(2)32-33-36-25(3)39-42(33)23-29(44)35-17-11-21-41(31(46)16-10-20-40-18-8-7-15-30(40)45)19-9-14-28(43)37-27(34(47)38-32)22-26-12-5-4-6-13-26/h4-6,12-13,24,27,32H,7-11,14-23H2,1-3H3,(H,35,44)(H,37,43)(H,38,47)/t27-,32+/m1/s1. The second-order valence-electron chi connectivity index (χ2n) is 12.8. The molecule has 0 aliphatic carbocycles. The first-order valence-corrected chi connectivity index (χ1v) is 17.0. The summed E-state index contributed by atoms with van der Waals surface area (Å²) in [6.45, 7) is 8.03. The van der Waals surface area contributed by atoms with Gasteiger partial charge in [-0.15, -0.1) is 0 Å². The van der Waals surface area contributed by atoms with Gasteiger partial charge in [-0.25, -0.2) is 9.67 Å². The molecule has 0 spiro atoms. The first-order chi connectivity index (χ1) is 22.6. The van der Waals surface area contributed by atoms with Crippen LogP contribution in [0.2, 0.25) is 0 Å². The highest BCUT2D eigenvalue weighted by molar-refractivity contribution is 5.88. The van der Waals surface area contributed by atoms with Crippen LogP contribution in [0.1, 0.15) is 88.5 Å². The Bertz CT molecular complexity index is 1380. The molecule has 2 aliphatic rings. The highest BCUT2D eigenvalue weighted by Crippen LogP contribution is 2.21. The first kappa shape index (κ1) is 35.6. The number of likely N-dealkylation sites (tertiary alicyclic amines) is 1. The first-order valence-electron chi connectivity index (χ1n) is 17.0. The summed E-state index contributed by atoms with van der Waals surface area (Å²) in [5, 5.41) is 13.4. The lowest BCUT2D eigenvalue weighted by atomic mass is 10.0. The van der Waals surface area contributed by atoms with Crippen molar-refractivity contribution in [3.05, 3.63) is 47.5 Å². The second kappa shape index (κ2) is 17.6. The zero-order valence-electron chi connectivity index (χ0n) is 28.0. The van der Waals surface area contributed by atoms with Gasteiger partial charge in [-0.3, -0.25) is 24.0 Å². The number of rotatable bonds is 7. The van der Waals surface area contributed by atoms with Crippen LogP contribution >= 0.6 is 0 Å². The van der Waals surface area contributed by atoms with Crippen molar-refractivity contribution in [3.63, 3.8) is 0 Å². The van der Waals surface area contributed by atoms with Gasteiger partial charge in [0.15, 0.2) is 5.82 Å². The molecule has 0 saturated carbocycles. The van der Waals surface area contributed by atoms with Crippen molar-refractivity contribution in [1.82, 2.24) is 40.5 Å². The van der Waals surface area contributed by atoms with E-state index in [-0.39, 0.29) is 48.4 Å². The molecular formula is C34H50N8O5. The van der Waals surface area contributed by atoms with E-state index in [0.29, 0.717) is 76.4 Å². The number of carbonyl (C=O) groups excluding carboxylic acids is 5. The molecule has 2 atom stereocenters. The van der Waals surface area contributed by atoms with Gasteiger partial charge in [0.05, 0.1) is 6.04 Å². The predicted octanol–water partition coefficient (Wildman–Crippen LogP) is 2.05. The molecule has 0 unspecified atom stereocenters. The van der Waals surface area contributed by atoms with Crippen LogP contribution < -0.4 is 16.0 Å². The van der Waals surface area contributed by atoms with Gasteiger partial charge >= 0.3 is 0 Å². The number of hydrogen-bond acceptors (Lipinski definition) is 7. The van der Waals surface area contributed by atoms with E-state index in [0.717, 1.165) is 24.9 Å². The SMILES string of the molecule is Cc1nc2n(n1)CC(=O)NCCCN(C(=O)CCCN1CCCCC1=O)CCCC(=O)N[C@H](Cc1ccccc1)C(=O)N[C@H]2C(C)C. The van der Waals surface area contributed by atoms with Crippen LogP contribution in [-0.2, 0) is 36.9 Å². The van der Waals surface area contributed by atoms with E-state index in [1.165, 1.54) is 4.68 Å². The maximum atomic E-state index is 13.8. The minimum absolute atomic E-state index is 0.0422. The molecule has 2 aromatic rings. The van der Waals surface area contributed by atoms with Gasteiger partial charge in [-0.05, 0) is 50.5 Å². The van der Waals surface area contributed by atoms with Gasteiger partial charge in [-0.1, -0.05) is 44.2 Å². The van der Waals surface area contributed by atoms with Crippen LogP contribution in [0.15, 0.2) is 30.3 Å². The van der Waals surface area contributed by atoms with E-state index in [9.17, 15) is 24.0 Å². The van der Waals surface area contributed by atoms with Crippen LogP contribution in [0.4, 0.5) is 0 Å². The number of aryl methyl sites for hydroxylation is 1. The summed E-state index contributed by atoms with van der Waals surface area (Å²) in [6, 6.07) is 8.10. The lowest BCUT2D eigenvalue weighted by molar-refractivity contribution is -0.135. The Kier molecular flexibility index (Phi) is 13.3. The van der Waals surface area contributed by atoms with Crippen LogP contribution in [0.5, 0.6) is 0 Å². The number of piperidine rings is 1. The van der Waals surface area contributed by atoms with Gasteiger partial charge in [0.25, 0.3) is 0 Å². The number of hydrogen-bond donors (Lipinski definition) is 3. The molecule has 4 rings (SSSR count). The van der Waals surface area contributed by atoms with E-state index < -0.39 is 12.1 Å². The Morgan fingerprint density at radius 1 is 0.936 bits per heavy atom. The quantitative estimate of drug-likeness (QED) is 0.414. The molecule has 1 aromatic carbocycles. The highest BCUT2D eigenvalue weighted by atomic mass is 16.2. The molecule has 1 aromatic heterocycles.